The van der Waals surface area contributed by atoms with Crippen LogP contribution in [0.3, 0.4) is 0 Å². The van der Waals surface area contributed by atoms with Crippen LogP contribution in [-0.2, 0) is 26.6 Å². The number of alkyl halides is 6. The van der Waals surface area contributed by atoms with Crippen LogP contribution in [0.15, 0.2) is 30.3 Å². The number of nitrogens with zero attached hydrogens (tertiary/aromatic N) is 2. The number of amides is 1. The molecule has 1 aliphatic rings. The molecule has 1 aliphatic heterocycles. The van der Waals surface area contributed by atoms with E-state index in [1.165, 1.54) is 16.9 Å². The van der Waals surface area contributed by atoms with Gasteiger partial charge in [0.25, 0.3) is 0 Å². The Balaban J connectivity index is 2.33. The van der Waals surface area contributed by atoms with Crippen molar-refractivity contribution < 1.29 is 45.4 Å². The van der Waals surface area contributed by atoms with Crippen molar-refractivity contribution >= 4 is 23.4 Å². The number of halogens is 6. The van der Waals surface area contributed by atoms with Crippen molar-refractivity contribution in [2.24, 2.45) is 0 Å². The maximum Gasteiger partial charge on any atom is 0.416 e. The van der Waals surface area contributed by atoms with E-state index in [9.17, 15) is 35.9 Å². The molecule has 2 aromatic rings. The molecule has 1 heterocycles. The number of hydrogen-bond donors (Lipinski definition) is 0. The highest BCUT2D eigenvalue weighted by atomic mass is 19.4. The summed E-state index contributed by atoms with van der Waals surface area (Å²) in [7, 11) is 2.19. The van der Waals surface area contributed by atoms with E-state index in [-0.39, 0.29) is 18.3 Å². The van der Waals surface area contributed by atoms with Crippen LogP contribution in [0.25, 0.3) is 0 Å². The summed E-state index contributed by atoms with van der Waals surface area (Å²) >= 11 is 0. The van der Waals surface area contributed by atoms with Crippen LogP contribution in [-0.4, -0.2) is 38.9 Å². The van der Waals surface area contributed by atoms with Gasteiger partial charge < -0.3 is 14.4 Å². The van der Waals surface area contributed by atoms with Crippen LogP contribution in [0, 0.1) is 13.8 Å². The summed E-state index contributed by atoms with van der Waals surface area (Å²) < 4.78 is 91.4. The molecule has 0 fully saturated rings. The minimum Gasteiger partial charge on any atom is -0.467 e. The van der Waals surface area contributed by atoms with Crippen LogP contribution >= 0.6 is 0 Å². The number of methoxy groups -OCH3 is 2. The van der Waals surface area contributed by atoms with Gasteiger partial charge in [0.2, 0.25) is 0 Å². The van der Waals surface area contributed by atoms with Gasteiger partial charge in [-0.15, -0.1) is 0 Å². The lowest BCUT2D eigenvalue weighted by atomic mass is 9.94. The quantitative estimate of drug-likeness (QED) is 0.336. The van der Waals surface area contributed by atoms with Crippen molar-refractivity contribution in [1.29, 1.82) is 0 Å². The standard InChI is InChI=1S/C25H26F6N2O4/c1-6-18-12-32(19-7-13(2)14(3)8-20(19)33(18)23(35)37-5)21(22(34)36-4)15-9-16(24(26,27)28)11-17(10-15)25(29,30)31/h7-11,18,21H,6,12H2,1-5H3/t18-,21?/m1/s1. The van der Waals surface area contributed by atoms with Crippen LogP contribution in [0.4, 0.5) is 42.5 Å². The van der Waals surface area contributed by atoms with Gasteiger partial charge in [-0.1, -0.05) is 6.92 Å². The highest BCUT2D eigenvalue weighted by Gasteiger charge is 2.43. The lowest BCUT2D eigenvalue weighted by molar-refractivity contribution is -0.145. The Morgan fingerprint density at radius 2 is 1.41 bits per heavy atom. The minimum absolute atomic E-state index is 0.00331. The summed E-state index contributed by atoms with van der Waals surface area (Å²) in [5, 5.41) is 0. The molecule has 12 heteroatoms. The third-order valence-corrected chi connectivity index (χ3v) is 6.44. The average Bonchev–Trinajstić information content (AvgIpc) is 2.82. The molecule has 202 valence electrons. The van der Waals surface area contributed by atoms with E-state index in [1.54, 1.807) is 32.9 Å². The fourth-order valence-corrected chi connectivity index (χ4v) is 4.41. The first-order chi connectivity index (χ1) is 17.1. The van der Waals surface area contributed by atoms with Crippen molar-refractivity contribution in [3.8, 4) is 0 Å². The number of carbonyl (C=O) groups excluding carboxylic acids is 2. The molecule has 0 N–H and O–H groups in total. The number of carbonyl (C=O) groups is 2. The topological polar surface area (TPSA) is 59.1 Å². The van der Waals surface area contributed by atoms with E-state index in [4.69, 9.17) is 9.47 Å². The molecule has 6 nitrogen and oxygen atoms in total. The molecule has 0 radical (unpaired) electrons. The molecule has 0 saturated carbocycles. The van der Waals surface area contributed by atoms with Gasteiger partial charge in [0.15, 0.2) is 6.04 Å². The third kappa shape index (κ3) is 5.47. The van der Waals surface area contributed by atoms with Gasteiger partial charge in [0, 0.05) is 6.54 Å². The number of esters is 1. The largest absolute Gasteiger partial charge is 0.467 e. The third-order valence-electron chi connectivity index (χ3n) is 6.44. The molecule has 2 aromatic carbocycles. The van der Waals surface area contributed by atoms with Gasteiger partial charge in [-0.05, 0) is 67.3 Å². The zero-order chi connectivity index (χ0) is 27.9. The molecule has 0 aliphatic carbocycles. The molecule has 1 amide bonds. The Hall–Kier alpha value is -3.44. The van der Waals surface area contributed by atoms with E-state index in [0.717, 1.165) is 18.2 Å². The zero-order valence-electron chi connectivity index (χ0n) is 20.8. The number of hydrogen-bond acceptors (Lipinski definition) is 5. The first-order valence-electron chi connectivity index (χ1n) is 11.3. The van der Waals surface area contributed by atoms with E-state index in [1.807, 2.05) is 0 Å². The predicted molar refractivity (Wildman–Crippen MR) is 123 cm³/mol. The predicted octanol–water partition coefficient (Wildman–Crippen LogP) is 6.43. The Bertz CT molecular complexity index is 1160. The van der Waals surface area contributed by atoms with E-state index in [0.29, 0.717) is 24.2 Å². The summed E-state index contributed by atoms with van der Waals surface area (Å²) in [5.74, 6) is -1.06. The van der Waals surface area contributed by atoms with Crippen LogP contribution < -0.4 is 9.80 Å². The lowest BCUT2D eigenvalue weighted by Crippen LogP contribution is -2.53. The van der Waals surface area contributed by atoms with Crippen LogP contribution in [0.5, 0.6) is 0 Å². The number of fused-ring (bicyclic) bond motifs is 1. The van der Waals surface area contributed by atoms with E-state index < -0.39 is 53.2 Å². The van der Waals surface area contributed by atoms with Crippen molar-refractivity contribution in [2.75, 3.05) is 30.6 Å². The first kappa shape index (κ1) is 28.1. The summed E-state index contributed by atoms with van der Waals surface area (Å²) in [4.78, 5) is 28.5. The van der Waals surface area contributed by atoms with Gasteiger partial charge >= 0.3 is 24.4 Å². The van der Waals surface area contributed by atoms with Gasteiger partial charge in [-0.2, -0.15) is 26.3 Å². The van der Waals surface area contributed by atoms with Gasteiger partial charge in [-0.3, -0.25) is 4.90 Å². The van der Waals surface area contributed by atoms with E-state index in [2.05, 4.69) is 0 Å². The molecule has 0 aromatic heterocycles. The fraction of sp³-hybridized carbons (Fsp3) is 0.440. The lowest BCUT2D eigenvalue weighted by Gasteiger charge is -2.45. The second-order valence-corrected chi connectivity index (χ2v) is 8.74. The maximum absolute atomic E-state index is 13.6. The van der Waals surface area contributed by atoms with Gasteiger partial charge in [-0.25, -0.2) is 9.59 Å². The molecule has 0 spiro atoms. The van der Waals surface area contributed by atoms with E-state index >= 15 is 0 Å². The summed E-state index contributed by atoms with van der Waals surface area (Å²) in [5.41, 5.74) is -1.56. The smallest absolute Gasteiger partial charge is 0.416 e. The Morgan fingerprint density at radius 1 is 0.892 bits per heavy atom. The average molecular weight is 532 g/mol. The van der Waals surface area contributed by atoms with Crippen molar-refractivity contribution in [3.05, 3.63) is 58.1 Å². The van der Waals surface area contributed by atoms with Crippen molar-refractivity contribution in [2.45, 2.75) is 51.6 Å². The second-order valence-electron chi connectivity index (χ2n) is 8.74. The van der Waals surface area contributed by atoms with Crippen molar-refractivity contribution in [1.82, 2.24) is 0 Å². The highest BCUT2D eigenvalue weighted by Crippen LogP contribution is 2.45. The van der Waals surface area contributed by atoms with Gasteiger partial charge in [0.1, 0.15) is 0 Å². The van der Waals surface area contributed by atoms with Crippen LogP contribution in [0.2, 0.25) is 0 Å². The van der Waals surface area contributed by atoms with Crippen molar-refractivity contribution in [3.63, 3.8) is 0 Å². The summed E-state index contributed by atoms with van der Waals surface area (Å²) in [6, 6.07) is 2.06. The molecule has 3 rings (SSSR count). The number of anilines is 2. The Morgan fingerprint density at radius 3 is 1.84 bits per heavy atom. The number of aryl methyl sites for hydroxylation is 2. The monoisotopic (exact) mass is 532 g/mol. The molecule has 1 unspecified atom stereocenters. The molecular weight excluding hydrogens is 506 g/mol. The first-order valence-corrected chi connectivity index (χ1v) is 11.3. The molecule has 0 saturated heterocycles. The number of benzene rings is 2. The highest BCUT2D eigenvalue weighted by molar-refractivity contribution is 5.96. The minimum atomic E-state index is -5.10. The fourth-order valence-electron chi connectivity index (χ4n) is 4.41. The summed E-state index contributed by atoms with van der Waals surface area (Å²) in [6.07, 6.45) is -10.5. The zero-order valence-corrected chi connectivity index (χ0v) is 20.8. The second kappa shape index (κ2) is 10.1. The number of rotatable bonds is 4. The Kier molecular flexibility index (Phi) is 7.71. The molecule has 37 heavy (non-hydrogen) atoms. The van der Waals surface area contributed by atoms with Gasteiger partial charge in [0.05, 0.1) is 42.8 Å². The molecular formula is C25H26F6N2O4. The normalized spacial score (nSPS) is 16.8. The maximum atomic E-state index is 13.6. The Labute approximate surface area is 209 Å². The van der Waals surface area contributed by atoms with Crippen LogP contribution in [0.1, 0.15) is 47.2 Å². The summed E-state index contributed by atoms with van der Waals surface area (Å²) in [6.45, 7) is 5.20. The number of ether oxygens (including phenoxy) is 2. The molecule has 2 atom stereocenters. The SMILES string of the molecule is CC[C@@H]1CN(C(C(=O)OC)c2cc(C(F)(F)F)cc(C(F)(F)F)c2)c2cc(C)c(C)cc2N1C(=O)OC. The molecule has 0 bridgehead atoms.